The molecular weight excluding hydrogens is 256 g/mol. The Hall–Kier alpha value is -0.440. The molecule has 1 amide bonds. The second-order valence-corrected chi connectivity index (χ2v) is 5.44. The van der Waals surface area contributed by atoms with Crippen molar-refractivity contribution in [2.45, 2.75) is 10.8 Å². The molecule has 1 aliphatic carbocycles. The number of halogens is 3. The number of hydrogen-bond acceptors (Lipinski definition) is 1. The zero-order chi connectivity index (χ0) is 11.1. The lowest BCUT2D eigenvalue weighted by Gasteiger charge is -2.06. The number of carbonyl (C=O) groups excluding carboxylic acids is 1. The molecule has 2 nitrogen and oxygen atoms in total. The molecule has 1 saturated carbocycles. The van der Waals surface area contributed by atoms with Gasteiger partial charge < -0.3 is 5.32 Å². The first-order valence-corrected chi connectivity index (χ1v) is 5.57. The summed E-state index contributed by atoms with van der Waals surface area (Å²) in [5.41, 5.74) is 0.584. The van der Waals surface area contributed by atoms with Gasteiger partial charge in [-0.3, -0.25) is 4.79 Å². The molecule has 80 valence electrons. The normalized spacial score (nSPS) is 22.2. The minimum absolute atomic E-state index is 0.187. The van der Waals surface area contributed by atoms with Crippen LogP contribution in [0.15, 0.2) is 24.3 Å². The first-order chi connectivity index (χ1) is 7.00. The molecule has 0 radical (unpaired) electrons. The van der Waals surface area contributed by atoms with Crippen molar-refractivity contribution in [1.82, 2.24) is 0 Å². The lowest BCUT2D eigenvalue weighted by molar-refractivity contribution is -0.117. The van der Waals surface area contributed by atoms with E-state index >= 15 is 0 Å². The summed E-state index contributed by atoms with van der Waals surface area (Å²) in [5.74, 6) is -0.523. The van der Waals surface area contributed by atoms with Crippen LogP contribution in [0.1, 0.15) is 6.42 Å². The number of hydrogen-bond donors (Lipinski definition) is 1. The second-order valence-electron chi connectivity index (χ2n) is 3.49. The molecule has 1 aromatic carbocycles. The minimum Gasteiger partial charge on any atom is -0.324 e. The van der Waals surface area contributed by atoms with Gasteiger partial charge in [0, 0.05) is 0 Å². The maximum absolute atomic E-state index is 11.6. The van der Waals surface area contributed by atoms with Crippen LogP contribution in [0.3, 0.4) is 0 Å². The predicted molar refractivity (Wildman–Crippen MR) is 62.6 cm³/mol. The third-order valence-electron chi connectivity index (χ3n) is 2.27. The highest BCUT2D eigenvalue weighted by atomic mass is 35.5. The van der Waals surface area contributed by atoms with Crippen molar-refractivity contribution >= 4 is 46.4 Å². The summed E-state index contributed by atoms with van der Waals surface area (Å²) in [4.78, 5) is 11.6. The third-order valence-corrected chi connectivity index (χ3v) is 3.44. The number of rotatable bonds is 2. The fraction of sp³-hybridized carbons (Fsp3) is 0.300. The van der Waals surface area contributed by atoms with Crippen molar-refractivity contribution in [2.75, 3.05) is 5.32 Å². The van der Waals surface area contributed by atoms with Gasteiger partial charge in [0.05, 0.1) is 16.6 Å². The Morgan fingerprint density at radius 2 is 2.00 bits per heavy atom. The van der Waals surface area contributed by atoms with Crippen LogP contribution in [0.4, 0.5) is 5.69 Å². The van der Waals surface area contributed by atoms with E-state index in [-0.39, 0.29) is 11.8 Å². The molecule has 0 bridgehead atoms. The lowest BCUT2D eigenvalue weighted by atomic mass is 10.3. The van der Waals surface area contributed by atoms with Crippen molar-refractivity contribution in [3.05, 3.63) is 29.3 Å². The summed E-state index contributed by atoms with van der Waals surface area (Å²) < 4.78 is -0.897. The molecule has 1 aliphatic rings. The number of benzene rings is 1. The first-order valence-electron chi connectivity index (χ1n) is 4.44. The largest absolute Gasteiger partial charge is 0.324 e. The molecule has 0 aliphatic heterocycles. The van der Waals surface area contributed by atoms with Crippen LogP contribution in [0, 0.1) is 5.92 Å². The van der Waals surface area contributed by atoms with Crippen LogP contribution in [-0.4, -0.2) is 10.2 Å². The van der Waals surface area contributed by atoms with E-state index in [0.29, 0.717) is 17.1 Å². The number of nitrogens with one attached hydrogen (secondary N) is 1. The van der Waals surface area contributed by atoms with E-state index in [9.17, 15) is 4.79 Å². The van der Waals surface area contributed by atoms with Crippen molar-refractivity contribution in [2.24, 2.45) is 5.92 Å². The van der Waals surface area contributed by atoms with E-state index in [1.165, 1.54) is 0 Å². The summed E-state index contributed by atoms with van der Waals surface area (Å²) in [5, 5.41) is 3.19. The van der Waals surface area contributed by atoms with Gasteiger partial charge in [-0.25, -0.2) is 0 Å². The first kappa shape index (κ1) is 11.1. The number of amides is 1. The maximum Gasteiger partial charge on any atom is 0.230 e. The van der Waals surface area contributed by atoms with E-state index in [0.717, 1.165) is 0 Å². The number of para-hydroxylation sites is 1. The van der Waals surface area contributed by atoms with Crippen LogP contribution >= 0.6 is 34.8 Å². The van der Waals surface area contributed by atoms with Gasteiger partial charge in [0.1, 0.15) is 4.33 Å². The van der Waals surface area contributed by atoms with Crippen LogP contribution in [0.5, 0.6) is 0 Å². The highest BCUT2D eigenvalue weighted by Gasteiger charge is 2.56. The average Bonchev–Trinajstić information content (AvgIpc) is 2.79. The highest BCUT2D eigenvalue weighted by molar-refractivity contribution is 6.52. The Labute approximate surface area is 103 Å². The maximum atomic E-state index is 11.6. The molecule has 0 heterocycles. The van der Waals surface area contributed by atoms with E-state index in [1.807, 2.05) is 0 Å². The molecule has 0 unspecified atom stereocenters. The zero-order valence-corrected chi connectivity index (χ0v) is 9.90. The molecule has 1 aromatic rings. The number of anilines is 1. The standard InChI is InChI=1S/C10H8Cl3NO/c11-7-3-1-2-4-8(7)14-9(15)6-5-10(6,12)13/h1-4,6H,5H2,(H,14,15)/t6-/m0/s1. The van der Waals surface area contributed by atoms with Gasteiger partial charge in [0.15, 0.2) is 0 Å². The van der Waals surface area contributed by atoms with E-state index in [4.69, 9.17) is 34.8 Å². The summed E-state index contributed by atoms with van der Waals surface area (Å²) in [6.07, 6.45) is 0.492. The van der Waals surface area contributed by atoms with Crippen LogP contribution < -0.4 is 5.32 Å². The highest BCUT2D eigenvalue weighted by Crippen LogP contribution is 2.53. The van der Waals surface area contributed by atoms with Crippen molar-refractivity contribution in [3.8, 4) is 0 Å². The molecule has 15 heavy (non-hydrogen) atoms. The van der Waals surface area contributed by atoms with Gasteiger partial charge in [-0.15, -0.1) is 23.2 Å². The fourth-order valence-electron chi connectivity index (χ4n) is 1.28. The van der Waals surface area contributed by atoms with Crippen LogP contribution in [-0.2, 0) is 4.79 Å². The van der Waals surface area contributed by atoms with Gasteiger partial charge in [-0.2, -0.15) is 0 Å². The molecule has 0 spiro atoms. The zero-order valence-electron chi connectivity index (χ0n) is 7.64. The molecule has 0 aromatic heterocycles. The minimum atomic E-state index is -0.897. The molecule has 1 fully saturated rings. The molecule has 2 rings (SSSR count). The van der Waals surface area contributed by atoms with Crippen LogP contribution in [0.25, 0.3) is 0 Å². The van der Waals surface area contributed by atoms with Gasteiger partial charge in [-0.1, -0.05) is 23.7 Å². The molecule has 1 N–H and O–H groups in total. The summed E-state index contributed by atoms with van der Waals surface area (Å²) in [7, 11) is 0. The summed E-state index contributed by atoms with van der Waals surface area (Å²) in [6.45, 7) is 0. The Balaban J connectivity index is 2.05. The van der Waals surface area contributed by atoms with Gasteiger partial charge in [0.25, 0.3) is 0 Å². The number of carbonyl (C=O) groups is 1. The Morgan fingerprint density at radius 3 is 2.53 bits per heavy atom. The van der Waals surface area contributed by atoms with Crippen molar-refractivity contribution in [1.29, 1.82) is 0 Å². The van der Waals surface area contributed by atoms with E-state index < -0.39 is 4.33 Å². The average molecular weight is 265 g/mol. The van der Waals surface area contributed by atoms with Crippen molar-refractivity contribution in [3.63, 3.8) is 0 Å². The van der Waals surface area contributed by atoms with Gasteiger partial charge >= 0.3 is 0 Å². The molecule has 1 atom stereocenters. The number of alkyl halides is 2. The second kappa shape index (κ2) is 3.85. The van der Waals surface area contributed by atoms with E-state index in [1.54, 1.807) is 24.3 Å². The third kappa shape index (κ3) is 2.39. The van der Waals surface area contributed by atoms with E-state index in [2.05, 4.69) is 5.32 Å². The summed E-state index contributed by atoms with van der Waals surface area (Å²) >= 11 is 17.4. The molecule has 0 saturated heterocycles. The Bertz CT molecular complexity index is 405. The predicted octanol–water partition coefficient (Wildman–Crippen LogP) is 3.47. The fourth-order valence-corrected chi connectivity index (χ4v) is 1.97. The van der Waals surface area contributed by atoms with Gasteiger partial charge in [0.2, 0.25) is 5.91 Å². The molecular formula is C10H8Cl3NO. The topological polar surface area (TPSA) is 29.1 Å². The van der Waals surface area contributed by atoms with Crippen molar-refractivity contribution < 1.29 is 4.79 Å². The van der Waals surface area contributed by atoms with Crippen LogP contribution in [0.2, 0.25) is 5.02 Å². The smallest absolute Gasteiger partial charge is 0.230 e. The Morgan fingerprint density at radius 1 is 1.40 bits per heavy atom. The van der Waals surface area contributed by atoms with Gasteiger partial charge in [-0.05, 0) is 18.6 Å². The SMILES string of the molecule is O=C(Nc1ccccc1Cl)[C@@H]1CC1(Cl)Cl. The lowest BCUT2D eigenvalue weighted by Crippen LogP contribution is -2.16. The molecule has 5 heteroatoms. The monoisotopic (exact) mass is 263 g/mol. The Kier molecular flexibility index (Phi) is 2.84. The quantitative estimate of drug-likeness (QED) is 0.814. The summed E-state index contributed by atoms with van der Waals surface area (Å²) in [6, 6.07) is 7.02.